The van der Waals surface area contributed by atoms with Gasteiger partial charge in [0, 0.05) is 18.2 Å². The van der Waals surface area contributed by atoms with E-state index in [9.17, 15) is 8.78 Å². The van der Waals surface area contributed by atoms with Gasteiger partial charge in [-0.2, -0.15) is 0 Å². The average molecular weight is 170 g/mol. The highest BCUT2D eigenvalue weighted by atomic mass is 19.2. The molecule has 1 aliphatic rings. The van der Waals surface area contributed by atoms with Crippen molar-refractivity contribution < 1.29 is 8.78 Å². The van der Waals surface area contributed by atoms with Gasteiger partial charge in [-0.3, -0.25) is 0 Å². The number of likely N-dealkylation sites (N-methyl/N-ethyl adjacent to an activating group) is 1. The largest absolute Gasteiger partial charge is 0.305 e. The Bertz CT molecular complexity index is 260. The third kappa shape index (κ3) is 2.29. The molecule has 0 bridgehead atoms. The molecule has 0 atom stereocenters. The molecular formula is C9H10F2N. The lowest BCUT2D eigenvalue weighted by Gasteiger charge is -2.10. The molecule has 0 amide bonds. The van der Waals surface area contributed by atoms with Gasteiger partial charge in [0.05, 0.1) is 0 Å². The first-order valence-corrected chi connectivity index (χ1v) is 3.60. The zero-order valence-electron chi connectivity index (χ0n) is 7.06. The van der Waals surface area contributed by atoms with Crippen LogP contribution < -0.4 is 0 Å². The van der Waals surface area contributed by atoms with Crippen molar-refractivity contribution in [2.45, 2.75) is 0 Å². The minimum absolute atomic E-state index is 0.567. The van der Waals surface area contributed by atoms with E-state index in [1.165, 1.54) is 0 Å². The number of allylic oxidation sites excluding steroid dienone is 1. The maximum atomic E-state index is 12.6. The molecule has 0 saturated carbocycles. The van der Waals surface area contributed by atoms with Crippen molar-refractivity contribution in [2.75, 3.05) is 20.6 Å². The van der Waals surface area contributed by atoms with Crippen LogP contribution in [0.15, 0.2) is 29.3 Å². The van der Waals surface area contributed by atoms with Crippen LogP contribution in [0.5, 0.6) is 0 Å². The third-order valence-corrected chi connectivity index (χ3v) is 1.40. The summed E-state index contributed by atoms with van der Waals surface area (Å²) in [5, 5.41) is 0. The molecule has 1 radical (unpaired) electrons. The Morgan fingerprint density at radius 1 is 1.42 bits per heavy atom. The number of hydrogen-bond donors (Lipinski definition) is 0. The first-order valence-electron chi connectivity index (χ1n) is 3.60. The second-order valence-corrected chi connectivity index (χ2v) is 2.89. The second-order valence-electron chi connectivity index (χ2n) is 2.89. The monoisotopic (exact) mass is 170 g/mol. The van der Waals surface area contributed by atoms with E-state index >= 15 is 0 Å². The fourth-order valence-corrected chi connectivity index (χ4v) is 0.921. The molecule has 0 aliphatic heterocycles. The van der Waals surface area contributed by atoms with Crippen LogP contribution >= 0.6 is 0 Å². The van der Waals surface area contributed by atoms with Crippen LogP contribution in [0.4, 0.5) is 8.78 Å². The van der Waals surface area contributed by atoms with Crippen LogP contribution in [0.1, 0.15) is 0 Å². The highest BCUT2D eigenvalue weighted by Crippen LogP contribution is 2.23. The Hall–Kier alpha value is -0.920. The van der Waals surface area contributed by atoms with E-state index in [0.29, 0.717) is 12.1 Å². The van der Waals surface area contributed by atoms with Gasteiger partial charge in [-0.25, -0.2) is 8.78 Å². The normalized spacial score (nSPS) is 18.1. The van der Waals surface area contributed by atoms with Crippen molar-refractivity contribution in [2.24, 2.45) is 0 Å². The predicted molar refractivity (Wildman–Crippen MR) is 43.7 cm³/mol. The lowest BCUT2D eigenvalue weighted by Crippen LogP contribution is -2.14. The van der Waals surface area contributed by atoms with Gasteiger partial charge in [-0.15, -0.1) is 5.73 Å². The Balaban J connectivity index is 2.74. The molecule has 1 rings (SSSR count). The lowest BCUT2D eigenvalue weighted by molar-refractivity contribution is 0.443. The molecular weight excluding hydrogens is 160 g/mol. The quantitative estimate of drug-likeness (QED) is 0.573. The van der Waals surface area contributed by atoms with Crippen LogP contribution in [0.3, 0.4) is 0 Å². The van der Waals surface area contributed by atoms with Crippen molar-refractivity contribution in [3.05, 3.63) is 35.5 Å². The van der Waals surface area contributed by atoms with Crippen LogP contribution in [0.25, 0.3) is 0 Å². The maximum Gasteiger partial charge on any atom is 0.231 e. The molecule has 0 aromatic rings. The Morgan fingerprint density at radius 2 is 2.08 bits per heavy atom. The zero-order valence-corrected chi connectivity index (χ0v) is 7.06. The fraction of sp³-hybridized carbons (Fsp3) is 0.333. The summed E-state index contributed by atoms with van der Waals surface area (Å²) in [5.74, 6) is -0.814. The minimum Gasteiger partial charge on any atom is -0.305 e. The molecule has 12 heavy (non-hydrogen) atoms. The predicted octanol–water partition coefficient (Wildman–Crippen LogP) is 2.00. The van der Waals surface area contributed by atoms with E-state index in [-0.39, 0.29) is 0 Å². The van der Waals surface area contributed by atoms with Crippen molar-refractivity contribution in [3.63, 3.8) is 0 Å². The highest BCUT2D eigenvalue weighted by Gasteiger charge is 2.14. The molecule has 0 heterocycles. The zero-order chi connectivity index (χ0) is 9.14. The molecule has 0 saturated heterocycles. The lowest BCUT2D eigenvalue weighted by atomic mass is 10.1. The first kappa shape index (κ1) is 9.17. The van der Waals surface area contributed by atoms with Crippen LogP contribution in [-0.4, -0.2) is 25.5 Å². The molecule has 0 fully saturated rings. The molecule has 0 unspecified atom stereocenters. The van der Waals surface area contributed by atoms with Gasteiger partial charge >= 0.3 is 0 Å². The van der Waals surface area contributed by atoms with Gasteiger partial charge in [-0.1, -0.05) is 0 Å². The SMILES string of the molecule is CN(C)CC1=C=C[C](F)C(F)=C1. The number of hydrogen-bond acceptors (Lipinski definition) is 1. The summed E-state index contributed by atoms with van der Waals surface area (Å²) in [6, 6.07) is 0. The van der Waals surface area contributed by atoms with Crippen LogP contribution in [0.2, 0.25) is 0 Å². The summed E-state index contributed by atoms with van der Waals surface area (Å²) < 4.78 is 25.0. The Labute approximate surface area is 70.7 Å². The van der Waals surface area contributed by atoms with Gasteiger partial charge in [0.2, 0.25) is 6.17 Å². The Morgan fingerprint density at radius 3 is 2.58 bits per heavy atom. The topological polar surface area (TPSA) is 3.24 Å². The molecule has 1 aliphatic carbocycles. The first-order chi connectivity index (χ1) is 5.59. The molecule has 65 valence electrons. The molecule has 0 aromatic carbocycles. The fourth-order valence-electron chi connectivity index (χ4n) is 0.921. The van der Waals surface area contributed by atoms with E-state index in [1.54, 1.807) is 0 Å². The van der Waals surface area contributed by atoms with Crippen LogP contribution in [-0.2, 0) is 0 Å². The van der Waals surface area contributed by atoms with Gasteiger partial charge in [0.15, 0.2) is 0 Å². The van der Waals surface area contributed by atoms with E-state index in [0.717, 1.165) is 12.2 Å². The van der Waals surface area contributed by atoms with Crippen molar-refractivity contribution in [1.29, 1.82) is 0 Å². The summed E-state index contributed by atoms with van der Waals surface area (Å²) in [6.07, 6.45) is 1.33. The summed E-state index contributed by atoms with van der Waals surface area (Å²) in [7, 11) is 3.71. The van der Waals surface area contributed by atoms with E-state index in [4.69, 9.17) is 0 Å². The van der Waals surface area contributed by atoms with Crippen molar-refractivity contribution in [1.82, 2.24) is 4.90 Å². The average Bonchev–Trinajstić information content (AvgIpc) is 1.96. The Kier molecular flexibility index (Phi) is 2.79. The van der Waals surface area contributed by atoms with E-state index < -0.39 is 12.0 Å². The second kappa shape index (κ2) is 3.65. The van der Waals surface area contributed by atoms with E-state index in [2.05, 4.69) is 5.73 Å². The summed E-state index contributed by atoms with van der Waals surface area (Å²) >= 11 is 0. The molecule has 3 heteroatoms. The number of nitrogens with zero attached hydrogens (tertiary/aromatic N) is 1. The van der Waals surface area contributed by atoms with Gasteiger partial charge < -0.3 is 4.90 Å². The highest BCUT2D eigenvalue weighted by molar-refractivity contribution is 5.36. The minimum atomic E-state index is -0.850. The molecule has 1 nitrogen and oxygen atoms in total. The van der Waals surface area contributed by atoms with Gasteiger partial charge in [-0.05, 0) is 20.2 Å². The number of halogens is 2. The van der Waals surface area contributed by atoms with Gasteiger partial charge in [0.25, 0.3) is 0 Å². The van der Waals surface area contributed by atoms with Crippen molar-refractivity contribution >= 4 is 0 Å². The third-order valence-electron chi connectivity index (χ3n) is 1.40. The smallest absolute Gasteiger partial charge is 0.231 e. The van der Waals surface area contributed by atoms with Crippen LogP contribution in [0, 0.1) is 6.17 Å². The molecule has 0 N–H and O–H groups in total. The summed E-state index contributed by atoms with van der Waals surface area (Å²) in [6.45, 7) is 0.567. The van der Waals surface area contributed by atoms with Crippen molar-refractivity contribution in [3.8, 4) is 0 Å². The number of rotatable bonds is 2. The maximum absolute atomic E-state index is 12.6. The molecule has 0 spiro atoms. The van der Waals surface area contributed by atoms with Gasteiger partial charge in [0.1, 0.15) is 5.83 Å². The standard InChI is InChI=1S/C9H10F2N/c1-12(2)6-7-3-4-8(10)9(11)5-7/h4-5H,6H2,1-2H3. The summed E-state index contributed by atoms with van der Waals surface area (Å²) in [4.78, 5) is 1.86. The summed E-state index contributed by atoms with van der Waals surface area (Å²) in [5.41, 5.74) is 3.30. The van der Waals surface area contributed by atoms with E-state index in [1.807, 2.05) is 19.0 Å². The molecule has 0 aromatic heterocycles.